The molecule has 1 aromatic heterocycles. The van der Waals surface area contributed by atoms with Crippen LogP contribution in [0.5, 0.6) is 0 Å². The average molecular weight is 569 g/mol. The smallest absolute Gasteiger partial charge is 0.171 e. The Hall–Kier alpha value is -5.17. The molecule has 9 rings (SSSR count). The fraction of sp³-hybridized carbons (Fsp3) is 0. The van der Waals surface area contributed by atoms with Crippen molar-refractivity contribution in [3.8, 4) is 0 Å². The maximum absolute atomic E-state index is 15.6. The number of furan rings is 1. The van der Waals surface area contributed by atoms with E-state index < -0.39 is 7.14 Å². The summed E-state index contributed by atoms with van der Waals surface area (Å²) in [6.07, 6.45) is 0. The highest BCUT2D eigenvalue weighted by atomic mass is 31.2. The first kappa shape index (κ1) is 24.4. The van der Waals surface area contributed by atoms with Crippen LogP contribution < -0.4 is 15.9 Å². The van der Waals surface area contributed by atoms with E-state index in [2.05, 4.69) is 78.9 Å². The van der Waals surface area contributed by atoms with Crippen LogP contribution in [0, 0.1) is 0 Å². The van der Waals surface area contributed by atoms with Crippen LogP contribution in [0.3, 0.4) is 0 Å². The lowest BCUT2D eigenvalue weighted by molar-refractivity contribution is 0.592. The molecular formula is C40H25O2P. The second-order valence-corrected chi connectivity index (χ2v) is 13.9. The summed E-state index contributed by atoms with van der Waals surface area (Å²) in [7, 11) is -3.25. The molecule has 3 heteroatoms. The molecule has 8 aromatic carbocycles. The molecule has 9 aromatic rings. The van der Waals surface area contributed by atoms with Gasteiger partial charge in [-0.25, -0.2) is 0 Å². The minimum Gasteiger partial charge on any atom is -0.455 e. The predicted molar refractivity (Wildman–Crippen MR) is 183 cm³/mol. The van der Waals surface area contributed by atoms with Gasteiger partial charge >= 0.3 is 0 Å². The van der Waals surface area contributed by atoms with Gasteiger partial charge in [0, 0.05) is 32.1 Å². The van der Waals surface area contributed by atoms with Crippen molar-refractivity contribution in [2.24, 2.45) is 0 Å². The van der Waals surface area contributed by atoms with Gasteiger partial charge in [-0.3, -0.25) is 0 Å². The Kier molecular flexibility index (Phi) is 5.21. The Morgan fingerprint density at radius 1 is 0.395 bits per heavy atom. The molecule has 0 unspecified atom stereocenters. The van der Waals surface area contributed by atoms with Crippen molar-refractivity contribution in [3.05, 3.63) is 152 Å². The molecule has 202 valence electrons. The van der Waals surface area contributed by atoms with Crippen molar-refractivity contribution in [2.45, 2.75) is 0 Å². The molecule has 0 amide bonds. The van der Waals surface area contributed by atoms with Crippen LogP contribution in [-0.2, 0) is 4.57 Å². The highest BCUT2D eigenvalue weighted by molar-refractivity contribution is 7.85. The number of fused-ring (bicyclic) bond motifs is 12. The number of hydrogen-bond acceptors (Lipinski definition) is 2. The summed E-state index contributed by atoms with van der Waals surface area (Å²) in [6.45, 7) is 0. The predicted octanol–water partition coefficient (Wildman–Crippen LogP) is 9.84. The molecule has 0 aliphatic rings. The minimum atomic E-state index is -3.25. The van der Waals surface area contributed by atoms with Crippen molar-refractivity contribution < 1.29 is 8.98 Å². The standard InChI is InChI=1S/C40H25O2P/c41-43(26-13-3-1-4-14-26,27-15-5-2-6-16-27)37-25-36-38(33-22-12-10-20-31(33)37)35-24-23-34-30-19-8-7-17-28(30)29-18-9-11-21-32(29)39(34)40(35)42-36/h1-25H. The normalized spacial score (nSPS) is 12.3. The maximum atomic E-state index is 15.6. The Morgan fingerprint density at radius 3 is 1.40 bits per heavy atom. The first-order valence-electron chi connectivity index (χ1n) is 14.6. The zero-order chi connectivity index (χ0) is 28.5. The van der Waals surface area contributed by atoms with Crippen molar-refractivity contribution in [3.63, 3.8) is 0 Å². The van der Waals surface area contributed by atoms with E-state index >= 15 is 4.57 Å². The molecule has 0 N–H and O–H groups in total. The van der Waals surface area contributed by atoms with Crippen LogP contribution in [0.1, 0.15) is 0 Å². The number of hydrogen-bond donors (Lipinski definition) is 0. The van der Waals surface area contributed by atoms with Gasteiger partial charge in [-0.15, -0.1) is 0 Å². The van der Waals surface area contributed by atoms with Gasteiger partial charge in [0.2, 0.25) is 0 Å². The second kappa shape index (κ2) is 9.16. The van der Waals surface area contributed by atoms with Gasteiger partial charge in [0.25, 0.3) is 0 Å². The van der Waals surface area contributed by atoms with Crippen LogP contribution in [0.15, 0.2) is 156 Å². The van der Waals surface area contributed by atoms with E-state index in [9.17, 15) is 0 Å². The van der Waals surface area contributed by atoms with Gasteiger partial charge in [-0.05, 0) is 49.8 Å². The highest BCUT2D eigenvalue weighted by Crippen LogP contribution is 2.48. The molecule has 0 radical (unpaired) electrons. The fourth-order valence-corrected chi connectivity index (χ4v) is 9.90. The molecule has 0 aliphatic carbocycles. The zero-order valence-corrected chi connectivity index (χ0v) is 24.1. The molecule has 0 bridgehead atoms. The van der Waals surface area contributed by atoms with Gasteiger partial charge in [0.1, 0.15) is 11.2 Å². The summed E-state index contributed by atoms with van der Waals surface area (Å²) >= 11 is 0. The van der Waals surface area contributed by atoms with Crippen molar-refractivity contribution in [2.75, 3.05) is 0 Å². The Morgan fingerprint density at radius 2 is 0.814 bits per heavy atom. The molecule has 0 atom stereocenters. The fourth-order valence-electron chi connectivity index (χ4n) is 7.03. The topological polar surface area (TPSA) is 30.2 Å². The molecule has 0 aliphatic heterocycles. The monoisotopic (exact) mass is 568 g/mol. The lowest BCUT2D eigenvalue weighted by Crippen LogP contribution is -2.25. The van der Waals surface area contributed by atoms with Crippen molar-refractivity contribution in [1.82, 2.24) is 0 Å². The second-order valence-electron chi connectivity index (χ2n) is 11.2. The third-order valence-corrected chi connectivity index (χ3v) is 12.0. The molecule has 1 heterocycles. The summed E-state index contributed by atoms with van der Waals surface area (Å²) in [5.41, 5.74) is 1.62. The molecule has 0 spiro atoms. The van der Waals surface area contributed by atoms with Crippen LogP contribution in [0.25, 0.3) is 65.0 Å². The summed E-state index contributed by atoms with van der Waals surface area (Å²) in [6, 6.07) is 51.8. The summed E-state index contributed by atoms with van der Waals surface area (Å²) in [5, 5.41) is 13.7. The number of rotatable bonds is 3. The minimum absolute atomic E-state index is 0.750. The molecule has 2 nitrogen and oxygen atoms in total. The SMILES string of the molecule is O=P(c1ccccc1)(c1ccccc1)c1cc2oc3c(ccc4c5ccccc5c5ccccc5c43)c2c2ccccc12. The van der Waals surface area contributed by atoms with Crippen molar-refractivity contribution in [1.29, 1.82) is 0 Å². The molecule has 43 heavy (non-hydrogen) atoms. The Bertz CT molecular complexity index is 2500. The third kappa shape index (κ3) is 3.39. The van der Waals surface area contributed by atoms with Crippen LogP contribution >= 0.6 is 7.14 Å². The largest absolute Gasteiger partial charge is 0.455 e. The lowest BCUT2D eigenvalue weighted by atomic mass is 9.93. The van der Waals surface area contributed by atoms with Gasteiger partial charge < -0.3 is 8.98 Å². The highest BCUT2D eigenvalue weighted by Gasteiger charge is 2.33. The third-order valence-electron chi connectivity index (χ3n) is 8.91. The van der Waals surface area contributed by atoms with E-state index in [1.807, 2.05) is 72.8 Å². The first-order chi connectivity index (χ1) is 21.2. The van der Waals surface area contributed by atoms with E-state index in [-0.39, 0.29) is 0 Å². The van der Waals surface area contributed by atoms with E-state index in [1.165, 1.54) is 26.9 Å². The Labute approximate surface area is 248 Å². The molecule has 0 saturated heterocycles. The maximum Gasteiger partial charge on any atom is 0.171 e. The van der Waals surface area contributed by atoms with E-state index in [1.54, 1.807) is 0 Å². The zero-order valence-electron chi connectivity index (χ0n) is 23.2. The van der Waals surface area contributed by atoms with Gasteiger partial charge in [0.15, 0.2) is 7.14 Å². The van der Waals surface area contributed by atoms with E-state index in [0.29, 0.717) is 0 Å². The average Bonchev–Trinajstić information content (AvgIpc) is 3.47. The summed E-state index contributed by atoms with van der Waals surface area (Å²) in [5.74, 6) is 0. The van der Waals surface area contributed by atoms with Crippen LogP contribution in [0.4, 0.5) is 0 Å². The van der Waals surface area contributed by atoms with Gasteiger partial charge in [0.05, 0.1) is 0 Å². The van der Waals surface area contributed by atoms with Crippen LogP contribution in [-0.4, -0.2) is 0 Å². The first-order valence-corrected chi connectivity index (χ1v) is 16.3. The van der Waals surface area contributed by atoms with Gasteiger partial charge in [-0.2, -0.15) is 0 Å². The Balaban J connectivity index is 1.47. The molecule has 0 saturated carbocycles. The number of benzene rings is 8. The molecular weight excluding hydrogens is 543 g/mol. The quantitative estimate of drug-likeness (QED) is 0.157. The van der Waals surface area contributed by atoms with Crippen LogP contribution in [0.2, 0.25) is 0 Å². The van der Waals surface area contributed by atoms with E-state index in [0.717, 1.165) is 54.0 Å². The van der Waals surface area contributed by atoms with Crippen molar-refractivity contribution >= 4 is 88.1 Å². The van der Waals surface area contributed by atoms with E-state index in [4.69, 9.17) is 4.42 Å². The molecule has 0 fully saturated rings. The summed E-state index contributed by atoms with van der Waals surface area (Å²) in [4.78, 5) is 0. The summed E-state index contributed by atoms with van der Waals surface area (Å²) < 4.78 is 22.5. The van der Waals surface area contributed by atoms with Gasteiger partial charge in [-0.1, -0.05) is 140 Å². The lowest BCUT2D eigenvalue weighted by Gasteiger charge is -2.22.